The minimum atomic E-state index is -3.40. The van der Waals surface area contributed by atoms with Crippen LogP contribution in [0.5, 0.6) is 0 Å². The molecule has 2 N–H and O–H groups in total. The lowest BCUT2D eigenvalue weighted by Gasteiger charge is -2.21. The smallest absolute Gasteiger partial charge is 0.240 e. The van der Waals surface area contributed by atoms with Gasteiger partial charge in [0.05, 0.1) is 0 Å². The van der Waals surface area contributed by atoms with E-state index in [1.165, 1.54) is 13.8 Å². The number of hydrogen-bond acceptors (Lipinski definition) is 4. The molecule has 0 fully saturated rings. The summed E-state index contributed by atoms with van der Waals surface area (Å²) in [6.45, 7) is 3.37. The Hall–Kier alpha value is -0.620. The summed E-state index contributed by atoms with van der Waals surface area (Å²) in [4.78, 5) is 11.6. The van der Waals surface area contributed by atoms with Crippen molar-refractivity contribution >= 4 is 15.7 Å². The molecule has 0 saturated heterocycles. The predicted octanol–water partition coefficient (Wildman–Crippen LogP) is 0.0884. The zero-order valence-electron chi connectivity index (χ0n) is 10.1. The molecule has 0 heterocycles. The molecule has 0 aromatic carbocycles. The van der Waals surface area contributed by atoms with Crippen LogP contribution in [0.25, 0.3) is 0 Å². The topological polar surface area (TPSA) is 83.5 Å². The first-order chi connectivity index (χ1) is 7.23. The standard InChI is InChI=1S/C10H21NO4S/c1-10(2,16(3,14)15)9(13)11-7-5-4-6-8-12/h12H,4-8H2,1-3H3,(H,11,13). The molecule has 0 aliphatic heterocycles. The fraction of sp³-hybridized carbons (Fsp3) is 0.900. The number of carbonyl (C=O) groups excluding carboxylic acids is 1. The number of carbonyl (C=O) groups is 1. The van der Waals surface area contributed by atoms with Gasteiger partial charge in [-0.15, -0.1) is 0 Å². The van der Waals surface area contributed by atoms with E-state index >= 15 is 0 Å². The summed E-state index contributed by atoms with van der Waals surface area (Å²) in [5.74, 6) is -0.473. The Morgan fingerprint density at radius 3 is 2.25 bits per heavy atom. The van der Waals surface area contributed by atoms with Gasteiger partial charge in [0.1, 0.15) is 4.75 Å². The molecule has 0 aliphatic carbocycles. The van der Waals surface area contributed by atoms with E-state index < -0.39 is 20.5 Å². The normalized spacial score (nSPS) is 12.5. The van der Waals surface area contributed by atoms with Crippen LogP contribution in [0.3, 0.4) is 0 Å². The number of aliphatic hydroxyl groups excluding tert-OH is 1. The van der Waals surface area contributed by atoms with E-state index in [2.05, 4.69) is 5.32 Å². The highest BCUT2D eigenvalue weighted by Crippen LogP contribution is 2.14. The zero-order chi connectivity index (χ0) is 12.8. The Morgan fingerprint density at radius 2 is 1.81 bits per heavy atom. The number of rotatable bonds is 7. The fourth-order valence-electron chi connectivity index (χ4n) is 0.997. The van der Waals surface area contributed by atoms with Crippen molar-refractivity contribution in [1.82, 2.24) is 5.32 Å². The van der Waals surface area contributed by atoms with E-state index in [4.69, 9.17) is 5.11 Å². The second kappa shape index (κ2) is 6.20. The molecule has 0 aliphatic rings. The monoisotopic (exact) mass is 251 g/mol. The van der Waals surface area contributed by atoms with Crippen molar-refractivity contribution in [3.8, 4) is 0 Å². The predicted molar refractivity (Wildman–Crippen MR) is 62.9 cm³/mol. The molecule has 0 bridgehead atoms. The quantitative estimate of drug-likeness (QED) is 0.628. The van der Waals surface area contributed by atoms with Crippen molar-refractivity contribution in [2.24, 2.45) is 0 Å². The van der Waals surface area contributed by atoms with Gasteiger partial charge < -0.3 is 10.4 Å². The number of nitrogens with one attached hydrogen (secondary N) is 1. The lowest BCUT2D eigenvalue weighted by molar-refractivity contribution is -0.122. The number of unbranched alkanes of at least 4 members (excludes halogenated alkanes) is 2. The number of amides is 1. The van der Waals surface area contributed by atoms with Crippen molar-refractivity contribution in [2.45, 2.75) is 37.9 Å². The minimum absolute atomic E-state index is 0.142. The molecule has 1 amide bonds. The SMILES string of the molecule is CC(C)(C(=O)NCCCCCO)S(C)(=O)=O. The van der Waals surface area contributed by atoms with Gasteiger partial charge in [0.25, 0.3) is 0 Å². The van der Waals surface area contributed by atoms with Gasteiger partial charge >= 0.3 is 0 Å². The lowest BCUT2D eigenvalue weighted by Crippen LogP contribution is -2.47. The first kappa shape index (κ1) is 15.4. The average Bonchev–Trinajstić information content (AvgIpc) is 2.15. The van der Waals surface area contributed by atoms with Crippen LogP contribution in [0.15, 0.2) is 0 Å². The minimum Gasteiger partial charge on any atom is -0.396 e. The zero-order valence-corrected chi connectivity index (χ0v) is 10.9. The first-order valence-electron chi connectivity index (χ1n) is 5.32. The first-order valence-corrected chi connectivity index (χ1v) is 7.21. The average molecular weight is 251 g/mol. The summed E-state index contributed by atoms with van der Waals surface area (Å²) in [6.07, 6.45) is 3.31. The van der Waals surface area contributed by atoms with Crippen molar-refractivity contribution in [1.29, 1.82) is 0 Å². The Labute approximate surface area is 97.2 Å². The van der Waals surface area contributed by atoms with Gasteiger partial charge in [-0.2, -0.15) is 0 Å². The molecule has 0 saturated carbocycles. The molecule has 16 heavy (non-hydrogen) atoms. The highest BCUT2D eigenvalue weighted by molar-refractivity contribution is 7.92. The van der Waals surface area contributed by atoms with Gasteiger partial charge in [-0.05, 0) is 33.1 Å². The number of hydrogen-bond donors (Lipinski definition) is 2. The summed E-state index contributed by atoms with van der Waals surface area (Å²) in [6, 6.07) is 0. The van der Waals surface area contributed by atoms with Crippen LogP contribution in [0.1, 0.15) is 33.1 Å². The molecule has 96 valence electrons. The summed E-state index contributed by atoms with van der Waals surface area (Å²) >= 11 is 0. The third-order valence-corrected chi connectivity index (χ3v) is 4.63. The van der Waals surface area contributed by atoms with Crippen LogP contribution in [-0.2, 0) is 14.6 Å². The Kier molecular flexibility index (Phi) is 5.96. The summed E-state index contributed by atoms with van der Waals surface area (Å²) < 4.78 is 21.3. The van der Waals surface area contributed by atoms with Gasteiger partial charge in [-0.1, -0.05) is 0 Å². The van der Waals surface area contributed by atoms with E-state index in [0.717, 1.165) is 19.1 Å². The maximum atomic E-state index is 11.6. The number of aliphatic hydroxyl groups is 1. The van der Waals surface area contributed by atoms with Crippen LogP contribution in [0, 0.1) is 0 Å². The molecular weight excluding hydrogens is 230 g/mol. The molecule has 0 rings (SSSR count). The fourth-order valence-corrected chi connectivity index (χ4v) is 1.41. The van der Waals surface area contributed by atoms with Crippen molar-refractivity contribution in [3.05, 3.63) is 0 Å². The highest BCUT2D eigenvalue weighted by atomic mass is 32.2. The molecule has 0 atom stereocenters. The van der Waals surface area contributed by atoms with Crippen LogP contribution < -0.4 is 5.32 Å². The summed E-state index contributed by atoms with van der Waals surface area (Å²) in [5.41, 5.74) is 0. The van der Waals surface area contributed by atoms with E-state index in [-0.39, 0.29) is 6.61 Å². The molecular formula is C10H21NO4S. The Bertz CT molecular complexity index is 322. The van der Waals surface area contributed by atoms with Crippen LogP contribution in [0.4, 0.5) is 0 Å². The van der Waals surface area contributed by atoms with Crippen LogP contribution in [0.2, 0.25) is 0 Å². The molecule has 0 spiro atoms. The summed E-state index contributed by atoms with van der Waals surface area (Å²) in [7, 11) is -3.40. The molecule has 0 unspecified atom stereocenters. The largest absolute Gasteiger partial charge is 0.396 e. The summed E-state index contributed by atoms with van der Waals surface area (Å²) in [5, 5.41) is 11.1. The van der Waals surface area contributed by atoms with Crippen molar-refractivity contribution in [2.75, 3.05) is 19.4 Å². The van der Waals surface area contributed by atoms with Crippen molar-refractivity contribution in [3.63, 3.8) is 0 Å². The molecule has 0 aromatic heterocycles. The maximum absolute atomic E-state index is 11.6. The maximum Gasteiger partial charge on any atom is 0.240 e. The van der Waals surface area contributed by atoms with E-state index in [1.807, 2.05) is 0 Å². The molecule has 6 heteroatoms. The van der Waals surface area contributed by atoms with Crippen LogP contribution >= 0.6 is 0 Å². The van der Waals surface area contributed by atoms with E-state index in [9.17, 15) is 13.2 Å². The third kappa shape index (κ3) is 4.49. The van der Waals surface area contributed by atoms with Gasteiger partial charge in [0.2, 0.25) is 5.91 Å². The Morgan fingerprint density at radius 1 is 1.25 bits per heavy atom. The molecule has 0 radical (unpaired) electrons. The van der Waals surface area contributed by atoms with E-state index in [0.29, 0.717) is 13.0 Å². The second-order valence-electron chi connectivity index (χ2n) is 4.32. The molecule has 5 nitrogen and oxygen atoms in total. The number of sulfone groups is 1. The van der Waals surface area contributed by atoms with Crippen LogP contribution in [-0.4, -0.2) is 43.6 Å². The highest BCUT2D eigenvalue weighted by Gasteiger charge is 2.37. The van der Waals surface area contributed by atoms with Crippen molar-refractivity contribution < 1.29 is 18.3 Å². The van der Waals surface area contributed by atoms with E-state index in [1.54, 1.807) is 0 Å². The second-order valence-corrected chi connectivity index (χ2v) is 6.89. The van der Waals surface area contributed by atoms with Gasteiger partial charge in [-0.25, -0.2) is 8.42 Å². The van der Waals surface area contributed by atoms with Gasteiger partial charge in [0, 0.05) is 19.4 Å². The Balaban J connectivity index is 4.08. The van der Waals surface area contributed by atoms with Gasteiger partial charge in [0.15, 0.2) is 9.84 Å². The lowest BCUT2D eigenvalue weighted by atomic mass is 10.2. The third-order valence-electron chi connectivity index (χ3n) is 2.59. The van der Waals surface area contributed by atoms with Gasteiger partial charge in [-0.3, -0.25) is 4.79 Å². The molecule has 0 aromatic rings.